The molecule has 0 spiro atoms. The van der Waals surface area contributed by atoms with Crippen molar-refractivity contribution in [1.29, 1.82) is 0 Å². The average molecular weight is 304 g/mol. The van der Waals surface area contributed by atoms with Gasteiger partial charge in [0.15, 0.2) is 9.84 Å². The second kappa shape index (κ2) is 7.15. The maximum atomic E-state index is 12.4. The summed E-state index contributed by atoms with van der Waals surface area (Å²) in [6.07, 6.45) is 3.93. The van der Waals surface area contributed by atoms with Crippen LogP contribution in [0.15, 0.2) is 23.1 Å². The Morgan fingerprint density at radius 1 is 1.32 bits per heavy atom. The summed E-state index contributed by atoms with van der Waals surface area (Å²) in [5.74, 6) is 0.331. The summed E-state index contributed by atoms with van der Waals surface area (Å²) < 4.78 is 24.8. The van der Waals surface area contributed by atoms with E-state index in [1.54, 1.807) is 12.1 Å². The Kier molecular flexibility index (Phi) is 6.14. The highest BCUT2D eigenvalue weighted by Crippen LogP contribution is 2.26. The molecule has 108 valence electrons. The predicted molar refractivity (Wildman–Crippen MR) is 81.2 cm³/mol. The molecule has 2 N–H and O–H groups in total. The number of benzene rings is 1. The van der Waals surface area contributed by atoms with E-state index >= 15 is 0 Å². The molecule has 3 nitrogen and oxygen atoms in total. The molecular weight excluding hydrogens is 282 g/mol. The van der Waals surface area contributed by atoms with Crippen LogP contribution >= 0.6 is 11.6 Å². The zero-order valence-corrected chi connectivity index (χ0v) is 13.1. The van der Waals surface area contributed by atoms with Gasteiger partial charge in [-0.25, -0.2) is 8.42 Å². The van der Waals surface area contributed by atoms with Crippen LogP contribution in [0.4, 0.5) is 5.69 Å². The molecular formula is C14H22ClNO2S. The van der Waals surface area contributed by atoms with Crippen molar-refractivity contribution in [2.24, 2.45) is 5.92 Å². The highest BCUT2D eigenvalue weighted by Gasteiger charge is 2.22. The first kappa shape index (κ1) is 16.3. The van der Waals surface area contributed by atoms with E-state index < -0.39 is 9.84 Å². The van der Waals surface area contributed by atoms with Gasteiger partial charge in [-0.1, -0.05) is 44.7 Å². The van der Waals surface area contributed by atoms with Crippen LogP contribution in [-0.4, -0.2) is 14.2 Å². The first-order chi connectivity index (χ1) is 8.90. The van der Waals surface area contributed by atoms with Crippen molar-refractivity contribution in [3.05, 3.63) is 23.2 Å². The Labute approximate surface area is 121 Å². The SMILES string of the molecule is CCCCC(CC)CS(=O)(=O)c1cc(Cl)ccc1N. The van der Waals surface area contributed by atoms with Crippen LogP contribution in [0.1, 0.15) is 39.5 Å². The van der Waals surface area contributed by atoms with Gasteiger partial charge in [-0.2, -0.15) is 0 Å². The van der Waals surface area contributed by atoms with E-state index in [-0.39, 0.29) is 22.3 Å². The van der Waals surface area contributed by atoms with Crippen LogP contribution in [0.3, 0.4) is 0 Å². The Morgan fingerprint density at radius 2 is 2.00 bits per heavy atom. The van der Waals surface area contributed by atoms with Gasteiger partial charge >= 0.3 is 0 Å². The van der Waals surface area contributed by atoms with Gasteiger partial charge in [0.2, 0.25) is 0 Å². The van der Waals surface area contributed by atoms with Crippen LogP contribution in [0.25, 0.3) is 0 Å². The lowest BCUT2D eigenvalue weighted by atomic mass is 10.0. The molecule has 0 aliphatic rings. The van der Waals surface area contributed by atoms with Crippen molar-refractivity contribution in [3.8, 4) is 0 Å². The van der Waals surface area contributed by atoms with E-state index in [0.29, 0.717) is 5.02 Å². The fourth-order valence-corrected chi connectivity index (χ4v) is 4.25. The molecule has 1 rings (SSSR count). The molecule has 1 aromatic carbocycles. The number of unbranched alkanes of at least 4 members (excludes halogenated alkanes) is 1. The van der Waals surface area contributed by atoms with Crippen molar-refractivity contribution in [2.75, 3.05) is 11.5 Å². The number of anilines is 1. The molecule has 0 saturated carbocycles. The van der Waals surface area contributed by atoms with E-state index in [9.17, 15) is 8.42 Å². The molecule has 0 radical (unpaired) electrons. The summed E-state index contributed by atoms with van der Waals surface area (Å²) in [4.78, 5) is 0.162. The molecule has 0 fully saturated rings. The lowest BCUT2D eigenvalue weighted by molar-refractivity contribution is 0.484. The minimum absolute atomic E-state index is 0.147. The number of halogens is 1. The molecule has 0 aliphatic carbocycles. The summed E-state index contributed by atoms with van der Waals surface area (Å²) in [6.45, 7) is 4.13. The van der Waals surface area contributed by atoms with Crippen molar-refractivity contribution in [3.63, 3.8) is 0 Å². The Hall–Kier alpha value is -0.740. The van der Waals surface area contributed by atoms with Crippen LogP contribution in [0, 0.1) is 5.92 Å². The van der Waals surface area contributed by atoms with E-state index in [1.807, 2.05) is 6.92 Å². The molecule has 0 amide bonds. The number of rotatable bonds is 7. The molecule has 0 bridgehead atoms. The van der Waals surface area contributed by atoms with Crippen LogP contribution in [0.2, 0.25) is 5.02 Å². The summed E-state index contributed by atoms with van der Waals surface area (Å²) in [5, 5.41) is 0.398. The Bertz CT molecular complexity index is 514. The lowest BCUT2D eigenvalue weighted by Crippen LogP contribution is -2.17. The van der Waals surface area contributed by atoms with Crippen molar-refractivity contribution in [1.82, 2.24) is 0 Å². The summed E-state index contributed by atoms with van der Waals surface area (Å²) >= 11 is 5.86. The molecule has 5 heteroatoms. The lowest BCUT2D eigenvalue weighted by Gasteiger charge is -2.15. The molecule has 0 heterocycles. The summed E-state index contributed by atoms with van der Waals surface area (Å²) in [7, 11) is -3.36. The van der Waals surface area contributed by atoms with Crippen molar-refractivity contribution < 1.29 is 8.42 Å². The number of sulfone groups is 1. The van der Waals surface area contributed by atoms with Gasteiger partial charge in [0, 0.05) is 5.02 Å². The zero-order valence-electron chi connectivity index (χ0n) is 11.5. The second-order valence-electron chi connectivity index (χ2n) is 4.88. The average Bonchev–Trinajstić information content (AvgIpc) is 2.37. The fourth-order valence-electron chi connectivity index (χ4n) is 2.08. The molecule has 1 atom stereocenters. The number of nitrogen functional groups attached to an aromatic ring is 1. The summed E-state index contributed by atoms with van der Waals surface area (Å²) in [5.41, 5.74) is 6.03. The number of nitrogens with two attached hydrogens (primary N) is 1. The van der Waals surface area contributed by atoms with Gasteiger partial charge in [0.1, 0.15) is 0 Å². The first-order valence-electron chi connectivity index (χ1n) is 6.68. The highest BCUT2D eigenvalue weighted by molar-refractivity contribution is 7.91. The van der Waals surface area contributed by atoms with Crippen molar-refractivity contribution in [2.45, 2.75) is 44.4 Å². The normalized spacial score (nSPS) is 13.4. The standard InChI is InChI=1S/C14H22ClNO2S/c1-3-5-6-11(4-2)10-19(17,18)14-9-12(15)7-8-13(14)16/h7-9,11H,3-6,10,16H2,1-2H3. The van der Waals surface area contributed by atoms with Crippen molar-refractivity contribution >= 4 is 27.1 Å². The quantitative estimate of drug-likeness (QED) is 0.777. The number of hydrogen-bond donors (Lipinski definition) is 1. The maximum Gasteiger partial charge on any atom is 0.180 e. The molecule has 0 saturated heterocycles. The highest BCUT2D eigenvalue weighted by atomic mass is 35.5. The Morgan fingerprint density at radius 3 is 2.58 bits per heavy atom. The number of hydrogen-bond acceptors (Lipinski definition) is 3. The largest absolute Gasteiger partial charge is 0.398 e. The summed E-state index contributed by atoms with van der Waals surface area (Å²) in [6, 6.07) is 4.59. The van der Waals surface area contributed by atoms with Gasteiger partial charge in [0.05, 0.1) is 16.3 Å². The van der Waals surface area contributed by atoms with Crippen LogP contribution in [-0.2, 0) is 9.84 Å². The molecule has 1 aromatic rings. The third-order valence-corrected chi connectivity index (χ3v) is 5.48. The van der Waals surface area contributed by atoms with Gasteiger partial charge in [0.25, 0.3) is 0 Å². The smallest absolute Gasteiger partial charge is 0.180 e. The molecule has 1 unspecified atom stereocenters. The van der Waals surface area contributed by atoms with Crippen LogP contribution < -0.4 is 5.73 Å². The van der Waals surface area contributed by atoms with Gasteiger partial charge < -0.3 is 5.73 Å². The van der Waals surface area contributed by atoms with Gasteiger partial charge in [-0.05, 0) is 30.5 Å². The van der Waals surface area contributed by atoms with Gasteiger partial charge in [-0.15, -0.1) is 0 Å². The van der Waals surface area contributed by atoms with E-state index in [4.69, 9.17) is 17.3 Å². The molecule has 0 aromatic heterocycles. The maximum absolute atomic E-state index is 12.4. The van der Waals surface area contributed by atoms with E-state index in [1.165, 1.54) is 6.07 Å². The Balaban J connectivity index is 2.93. The fraction of sp³-hybridized carbons (Fsp3) is 0.571. The third kappa shape index (κ3) is 4.69. The van der Waals surface area contributed by atoms with Gasteiger partial charge in [-0.3, -0.25) is 0 Å². The second-order valence-corrected chi connectivity index (χ2v) is 7.32. The first-order valence-corrected chi connectivity index (χ1v) is 8.71. The minimum atomic E-state index is -3.36. The minimum Gasteiger partial charge on any atom is -0.398 e. The topological polar surface area (TPSA) is 60.2 Å². The molecule has 0 aliphatic heterocycles. The van der Waals surface area contributed by atoms with Crippen LogP contribution in [0.5, 0.6) is 0 Å². The van der Waals surface area contributed by atoms with E-state index in [2.05, 4.69) is 6.92 Å². The molecule has 19 heavy (non-hydrogen) atoms. The third-order valence-electron chi connectivity index (χ3n) is 3.31. The monoisotopic (exact) mass is 303 g/mol. The van der Waals surface area contributed by atoms with E-state index in [0.717, 1.165) is 25.7 Å². The predicted octanol–water partition coefficient (Wildman–Crippen LogP) is 3.91. The zero-order chi connectivity index (χ0) is 14.5.